The average Bonchev–Trinajstić information content (AvgIpc) is 3.07. The van der Waals surface area contributed by atoms with Crippen LogP contribution in [-0.4, -0.2) is 23.8 Å². The van der Waals surface area contributed by atoms with Crippen molar-refractivity contribution < 1.29 is 4.79 Å². The number of nitrogens with zero attached hydrogens (tertiary/aromatic N) is 1. The second-order valence-electron chi connectivity index (χ2n) is 5.15. The summed E-state index contributed by atoms with van der Waals surface area (Å²) in [5.41, 5.74) is 1.44. The molecule has 1 saturated carbocycles. The van der Waals surface area contributed by atoms with Gasteiger partial charge in [0.25, 0.3) is 0 Å². The zero-order chi connectivity index (χ0) is 11.0. The predicted molar refractivity (Wildman–Crippen MR) is 70.3 cm³/mol. The molecule has 2 aliphatic rings. The standard InChI is InChI=1S/C14H17NO.ClH/c16-13-11-15(9-8-14(13)6-7-14)10-12-4-2-1-3-5-12;/h1-5H,6-11H2;1H. The first-order valence-corrected chi connectivity index (χ1v) is 6.08. The van der Waals surface area contributed by atoms with Crippen LogP contribution >= 0.6 is 12.4 Å². The van der Waals surface area contributed by atoms with Crippen molar-refractivity contribution in [2.75, 3.05) is 13.1 Å². The van der Waals surface area contributed by atoms with Crippen LogP contribution in [0, 0.1) is 5.41 Å². The molecule has 2 nitrogen and oxygen atoms in total. The first kappa shape index (κ1) is 12.6. The number of carbonyl (C=O) groups is 1. The van der Waals surface area contributed by atoms with Gasteiger partial charge in [-0.3, -0.25) is 9.69 Å². The smallest absolute Gasteiger partial charge is 0.153 e. The van der Waals surface area contributed by atoms with Gasteiger partial charge in [0.05, 0.1) is 6.54 Å². The van der Waals surface area contributed by atoms with E-state index in [0.717, 1.165) is 32.4 Å². The molecule has 3 rings (SSSR count). The fraction of sp³-hybridized carbons (Fsp3) is 0.500. The molecule has 17 heavy (non-hydrogen) atoms. The molecular weight excluding hydrogens is 234 g/mol. The molecule has 0 radical (unpaired) electrons. The highest BCUT2D eigenvalue weighted by molar-refractivity contribution is 5.89. The molecule has 0 N–H and O–H groups in total. The number of halogens is 1. The minimum atomic E-state index is 0. The van der Waals surface area contributed by atoms with Crippen molar-refractivity contribution >= 4 is 18.2 Å². The molecule has 1 saturated heterocycles. The summed E-state index contributed by atoms with van der Waals surface area (Å²) in [6.45, 7) is 2.66. The van der Waals surface area contributed by atoms with Crippen LogP contribution in [-0.2, 0) is 11.3 Å². The highest BCUT2D eigenvalue weighted by Crippen LogP contribution is 2.51. The Balaban J connectivity index is 0.00000108. The number of hydrogen-bond acceptors (Lipinski definition) is 2. The van der Waals surface area contributed by atoms with E-state index in [1.807, 2.05) is 6.07 Å². The summed E-state index contributed by atoms with van der Waals surface area (Å²) in [4.78, 5) is 14.2. The summed E-state index contributed by atoms with van der Waals surface area (Å²) in [5.74, 6) is 0.481. The molecule has 1 aliphatic heterocycles. The first-order chi connectivity index (χ1) is 7.78. The zero-order valence-corrected chi connectivity index (χ0v) is 10.7. The predicted octanol–water partition coefficient (Wildman–Crippen LogP) is 2.66. The molecular formula is C14H18ClNO. The number of likely N-dealkylation sites (tertiary alicyclic amines) is 1. The fourth-order valence-electron chi connectivity index (χ4n) is 2.62. The molecule has 0 amide bonds. The van der Waals surface area contributed by atoms with Crippen molar-refractivity contribution in [1.29, 1.82) is 0 Å². The molecule has 2 fully saturated rings. The molecule has 1 aliphatic carbocycles. The van der Waals surface area contributed by atoms with Gasteiger partial charge in [0.15, 0.2) is 5.78 Å². The number of carbonyl (C=O) groups excluding carboxylic acids is 1. The highest BCUT2D eigenvalue weighted by Gasteiger charge is 2.51. The minimum absolute atomic E-state index is 0. The maximum Gasteiger partial charge on any atom is 0.153 e. The van der Waals surface area contributed by atoms with Crippen LogP contribution in [0.1, 0.15) is 24.8 Å². The molecule has 3 heteroatoms. The molecule has 0 aromatic heterocycles. The number of piperidine rings is 1. The van der Waals surface area contributed by atoms with E-state index >= 15 is 0 Å². The number of ketones is 1. The highest BCUT2D eigenvalue weighted by atomic mass is 35.5. The number of rotatable bonds is 2. The van der Waals surface area contributed by atoms with Crippen LogP contribution in [0.5, 0.6) is 0 Å². The van der Waals surface area contributed by atoms with Gasteiger partial charge < -0.3 is 0 Å². The second-order valence-corrected chi connectivity index (χ2v) is 5.15. The third-order valence-corrected chi connectivity index (χ3v) is 3.97. The molecule has 1 aromatic carbocycles. The summed E-state index contributed by atoms with van der Waals surface area (Å²) in [6.07, 6.45) is 3.37. The summed E-state index contributed by atoms with van der Waals surface area (Å²) < 4.78 is 0. The minimum Gasteiger partial charge on any atom is -0.298 e. The largest absolute Gasteiger partial charge is 0.298 e. The summed E-state index contributed by atoms with van der Waals surface area (Å²) in [5, 5.41) is 0. The van der Waals surface area contributed by atoms with Gasteiger partial charge in [-0.15, -0.1) is 12.4 Å². The van der Waals surface area contributed by atoms with Crippen LogP contribution in [0.3, 0.4) is 0 Å². The maximum absolute atomic E-state index is 11.9. The Labute approximate surface area is 108 Å². The maximum atomic E-state index is 11.9. The van der Waals surface area contributed by atoms with Crippen molar-refractivity contribution in [3.05, 3.63) is 35.9 Å². The quantitative estimate of drug-likeness (QED) is 0.806. The topological polar surface area (TPSA) is 20.3 Å². The van der Waals surface area contributed by atoms with Crippen molar-refractivity contribution in [1.82, 2.24) is 4.90 Å². The van der Waals surface area contributed by atoms with Crippen molar-refractivity contribution in [2.24, 2.45) is 5.41 Å². The summed E-state index contributed by atoms with van der Waals surface area (Å²) >= 11 is 0. The second kappa shape index (κ2) is 4.79. The molecule has 0 unspecified atom stereocenters. The Morgan fingerprint density at radius 1 is 1.12 bits per heavy atom. The number of Topliss-reactive ketones (excluding diaryl/α,β-unsaturated/α-hetero) is 1. The number of hydrogen-bond donors (Lipinski definition) is 0. The van der Waals surface area contributed by atoms with E-state index in [-0.39, 0.29) is 17.8 Å². The third kappa shape index (κ3) is 2.53. The van der Waals surface area contributed by atoms with Crippen molar-refractivity contribution in [2.45, 2.75) is 25.8 Å². The summed E-state index contributed by atoms with van der Waals surface area (Å²) in [6, 6.07) is 10.4. The Bertz CT molecular complexity index is 400. The van der Waals surface area contributed by atoms with Gasteiger partial charge in [-0.1, -0.05) is 30.3 Å². The van der Waals surface area contributed by atoms with E-state index in [9.17, 15) is 4.79 Å². The monoisotopic (exact) mass is 251 g/mol. The first-order valence-electron chi connectivity index (χ1n) is 6.08. The van der Waals surface area contributed by atoms with Gasteiger partial charge in [0, 0.05) is 12.0 Å². The molecule has 1 aromatic rings. The van der Waals surface area contributed by atoms with E-state index in [4.69, 9.17) is 0 Å². The van der Waals surface area contributed by atoms with E-state index in [0.29, 0.717) is 12.3 Å². The van der Waals surface area contributed by atoms with E-state index in [2.05, 4.69) is 29.2 Å². The van der Waals surface area contributed by atoms with Gasteiger partial charge in [-0.05, 0) is 31.4 Å². The average molecular weight is 252 g/mol. The van der Waals surface area contributed by atoms with Crippen LogP contribution < -0.4 is 0 Å². The zero-order valence-electron chi connectivity index (χ0n) is 9.89. The van der Waals surface area contributed by atoms with E-state index in [1.54, 1.807) is 0 Å². The van der Waals surface area contributed by atoms with Gasteiger partial charge in [0.2, 0.25) is 0 Å². The van der Waals surface area contributed by atoms with Crippen molar-refractivity contribution in [3.63, 3.8) is 0 Å². The Kier molecular flexibility index (Phi) is 3.55. The van der Waals surface area contributed by atoms with Crippen LogP contribution in [0.2, 0.25) is 0 Å². The lowest BCUT2D eigenvalue weighted by Crippen LogP contribution is -2.41. The van der Waals surface area contributed by atoms with Gasteiger partial charge in [-0.2, -0.15) is 0 Å². The Morgan fingerprint density at radius 3 is 2.41 bits per heavy atom. The Morgan fingerprint density at radius 2 is 1.82 bits per heavy atom. The SMILES string of the molecule is Cl.O=C1CN(Cc2ccccc2)CCC12CC2. The molecule has 0 atom stereocenters. The van der Waals surface area contributed by atoms with Crippen LogP contribution in [0.25, 0.3) is 0 Å². The normalized spacial score (nSPS) is 22.2. The molecule has 1 heterocycles. The lowest BCUT2D eigenvalue weighted by molar-refractivity contribution is -0.128. The fourth-order valence-corrected chi connectivity index (χ4v) is 2.62. The van der Waals surface area contributed by atoms with Crippen molar-refractivity contribution in [3.8, 4) is 0 Å². The van der Waals surface area contributed by atoms with Gasteiger partial charge in [0.1, 0.15) is 0 Å². The van der Waals surface area contributed by atoms with Crippen LogP contribution in [0.4, 0.5) is 0 Å². The molecule has 92 valence electrons. The Hall–Kier alpha value is -0.860. The van der Waals surface area contributed by atoms with Crippen LogP contribution in [0.15, 0.2) is 30.3 Å². The third-order valence-electron chi connectivity index (χ3n) is 3.97. The van der Waals surface area contributed by atoms with Gasteiger partial charge in [-0.25, -0.2) is 0 Å². The molecule has 1 spiro atoms. The van der Waals surface area contributed by atoms with E-state index < -0.39 is 0 Å². The lowest BCUT2D eigenvalue weighted by Gasteiger charge is -2.30. The van der Waals surface area contributed by atoms with Gasteiger partial charge >= 0.3 is 0 Å². The number of benzene rings is 1. The lowest BCUT2D eigenvalue weighted by atomic mass is 9.92. The molecule has 0 bridgehead atoms. The van der Waals surface area contributed by atoms with E-state index in [1.165, 1.54) is 5.56 Å². The summed E-state index contributed by atoms with van der Waals surface area (Å²) in [7, 11) is 0.